The Morgan fingerprint density at radius 2 is 1.79 bits per heavy atom. The maximum absolute atomic E-state index is 10.5. The molecule has 8 heteroatoms. The molecule has 1 aromatic carbocycles. The SMILES string of the molecule is Oc1cc(-c2ccccc2)nn1-c1nc(N2CCOCC2)c2ncccc2n1. The van der Waals surface area contributed by atoms with E-state index in [-0.39, 0.29) is 5.88 Å². The van der Waals surface area contributed by atoms with Crippen LogP contribution in [0.5, 0.6) is 5.88 Å². The molecule has 0 unspecified atom stereocenters. The molecular weight excluding hydrogens is 356 g/mol. The quantitative estimate of drug-likeness (QED) is 0.589. The molecule has 0 bridgehead atoms. The van der Waals surface area contributed by atoms with Crippen LogP contribution in [-0.4, -0.2) is 56.1 Å². The number of anilines is 1. The molecule has 1 aliphatic rings. The minimum absolute atomic E-state index is 0.0185. The van der Waals surface area contributed by atoms with Crippen LogP contribution in [0.3, 0.4) is 0 Å². The number of hydrogen-bond donors (Lipinski definition) is 1. The van der Waals surface area contributed by atoms with E-state index < -0.39 is 0 Å². The van der Waals surface area contributed by atoms with Gasteiger partial charge in [-0.2, -0.15) is 14.8 Å². The zero-order valence-corrected chi connectivity index (χ0v) is 15.1. The fourth-order valence-electron chi connectivity index (χ4n) is 3.30. The molecule has 0 aliphatic carbocycles. The van der Waals surface area contributed by atoms with Crippen molar-refractivity contribution in [3.05, 3.63) is 54.7 Å². The number of ether oxygens (including phenoxy) is 1. The van der Waals surface area contributed by atoms with Crippen molar-refractivity contribution in [2.75, 3.05) is 31.2 Å². The van der Waals surface area contributed by atoms with Gasteiger partial charge in [-0.3, -0.25) is 4.98 Å². The average molecular weight is 374 g/mol. The number of nitrogens with zero attached hydrogens (tertiary/aromatic N) is 6. The molecule has 0 amide bonds. The molecule has 1 fully saturated rings. The van der Waals surface area contributed by atoms with Gasteiger partial charge in [-0.1, -0.05) is 30.3 Å². The maximum Gasteiger partial charge on any atom is 0.256 e. The third kappa shape index (κ3) is 2.93. The van der Waals surface area contributed by atoms with Crippen molar-refractivity contribution in [1.29, 1.82) is 0 Å². The van der Waals surface area contributed by atoms with Gasteiger partial charge >= 0.3 is 0 Å². The number of aromatic nitrogens is 5. The van der Waals surface area contributed by atoms with Crippen molar-refractivity contribution in [3.63, 3.8) is 0 Å². The predicted molar refractivity (Wildman–Crippen MR) is 105 cm³/mol. The van der Waals surface area contributed by atoms with Crippen molar-refractivity contribution in [2.24, 2.45) is 0 Å². The van der Waals surface area contributed by atoms with E-state index in [0.717, 1.165) is 30.0 Å². The Bertz CT molecular complexity index is 1120. The van der Waals surface area contributed by atoms with Gasteiger partial charge in [0.25, 0.3) is 5.95 Å². The predicted octanol–water partition coefficient (Wildman–Crippen LogP) is 2.42. The van der Waals surface area contributed by atoms with E-state index in [1.807, 2.05) is 42.5 Å². The van der Waals surface area contributed by atoms with Crippen molar-refractivity contribution < 1.29 is 9.84 Å². The second-order valence-electron chi connectivity index (χ2n) is 6.48. The summed E-state index contributed by atoms with van der Waals surface area (Å²) in [6.45, 7) is 2.72. The first-order valence-electron chi connectivity index (χ1n) is 9.10. The molecule has 0 atom stereocenters. The molecule has 1 saturated heterocycles. The smallest absolute Gasteiger partial charge is 0.256 e. The van der Waals surface area contributed by atoms with Crippen LogP contribution in [0.25, 0.3) is 28.2 Å². The molecule has 1 N–H and O–H groups in total. The van der Waals surface area contributed by atoms with Crippen LogP contribution in [0.15, 0.2) is 54.7 Å². The lowest BCUT2D eigenvalue weighted by molar-refractivity contribution is 0.122. The third-order valence-electron chi connectivity index (χ3n) is 4.68. The zero-order valence-electron chi connectivity index (χ0n) is 15.1. The van der Waals surface area contributed by atoms with Crippen molar-refractivity contribution in [3.8, 4) is 23.1 Å². The Labute approximate surface area is 161 Å². The Morgan fingerprint density at radius 1 is 0.964 bits per heavy atom. The minimum atomic E-state index is -0.0185. The fraction of sp³-hybridized carbons (Fsp3) is 0.200. The number of rotatable bonds is 3. The molecule has 0 saturated carbocycles. The number of morpholine rings is 1. The summed E-state index contributed by atoms with van der Waals surface area (Å²) in [6, 6.07) is 15.0. The number of pyridine rings is 1. The molecule has 4 aromatic rings. The third-order valence-corrected chi connectivity index (χ3v) is 4.68. The van der Waals surface area contributed by atoms with Crippen LogP contribution in [0.4, 0.5) is 5.82 Å². The summed E-state index contributed by atoms with van der Waals surface area (Å²) in [6.07, 6.45) is 1.73. The lowest BCUT2D eigenvalue weighted by atomic mass is 10.2. The van der Waals surface area contributed by atoms with Crippen LogP contribution in [0.1, 0.15) is 0 Å². The van der Waals surface area contributed by atoms with Gasteiger partial charge in [0.2, 0.25) is 5.88 Å². The Kier molecular flexibility index (Phi) is 4.10. The standard InChI is InChI=1S/C20H18N6O2/c27-17-13-16(14-5-2-1-3-6-14)24-26(17)20-22-15-7-4-8-21-18(15)19(23-20)25-9-11-28-12-10-25/h1-8,13,27H,9-12H2. The molecule has 28 heavy (non-hydrogen) atoms. The number of fused-ring (bicyclic) bond motifs is 1. The molecule has 8 nitrogen and oxygen atoms in total. The van der Waals surface area contributed by atoms with Gasteiger partial charge in [-0.15, -0.1) is 0 Å². The lowest BCUT2D eigenvalue weighted by Gasteiger charge is -2.28. The first kappa shape index (κ1) is 16.6. The summed E-state index contributed by atoms with van der Waals surface area (Å²) >= 11 is 0. The van der Waals surface area contributed by atoms with Crippen molar-refractivity contribution in [1.82, 2.24) is 24.7 Å². The summed E-state index contributed by atoms with van der Waals surface area (Å²) in [5.41, 5.74) is 2.99. The van der Waals surface area contributed by atoms with Gasteiger partial charge in [0, 0.05) is 30.9 Å². The van der Waals surface area contributed by atoms with E-state index in [9.17, 15) is 5.11 Å². The highest BCUT2D eigenvalue weighted by Gasteiger charge is 2.20. The highest BCUT2D eigenvalue weighted by Crippen LogP contribution is 2.27. The van der Waals surface area contributed by atoms with Crippen LogP contribution < -0.4 is 4.90 Å². The first-order valence-corrected chi connectivity index (χ1v) is 9.10. The number of aromatic hydroxyl groups is 1. The molecule has 0 spiro atoms. The lowest BCUT2D eigenvalue weighted by Crippen LogP contribution is -2.37. The van der Waals surface area contributed by atoms with E-state index in [1.165, 1.54) is 4.68 Å². The van der Waals surface area contributed by atoms with Crippen LogP contribution >= 0.6 is 0 Å². The van der Waals surface area contributed by atoms with E-state index in [2.05, 4.69) is 20.0 Å². The normalized spacial score (nSPS) is 14.5. The summed E-state index contributed by atoms with van der Waals surface area (Å²) in [4.78, 5) is 15.9. The Balaban J connectivity index is 1.64. The van der Waals surface area contributed by atoms with Gasteiger partial charge in [-0.25, -0.2) is 4.98 Å². The summed E-state index contributed by atoms with van der Waals surface area (Å²) in [5.74, 6) is 1.01. The topological polar surface area (TPSA) is 89.2 Å². The average Bonchev–Trinajstić information content (AvgIpc) is 3.16. The van der Waals surface area contributed by atoms with E-state index in [4.69, 9.17) is 9.72 Å². The molecule has 4 heterocycles. The van der Waals surface area contributed by atoms with Crippen LogP contribution in [0, 0.1) is 0 Å². The summed E-state index contributed by atoms with van der Waals surface area (Å²) in [7, 11) is 0. The van der Waals surface area contributed by atoms with Gasteiger partial charge in [0.05, 0.1) is 24.4 Å². The monoisotopic (exact) mass is 374 g/mol. The summed E-state index contributed by atoms with van der Waals surface area (Å²) < 4.78 is 6.82. The maximum atomic E-state index is 10.5. The van der Waals surface area contributed by atoms with Crippen LogP contribution in [-0.2, 0) is 4.74 Å². The highest BCUT2D eigenvalue weighted by atomic mass is 16.5. The number of hydrogen-bond acceptors (Lipinski definition) is 7. The molecule has 0 radical (unpaired) electrons. The summed E-state index contributed by atoms with van der Waals surface area (Å²) in [5, 5.41) is 15.0. The Morgan fingerprint density at radius 3 is 2.61 bits per heavy atom. The second kappa shape index (κ2) is 6.90. The minimum Gasteiger partial charge on any atom is -0.493 e. The van der Waals surface area contributed by atoms with Gasteiger partial charge < -0.3 is 14.7 Å². The Hall–Kier alpha value is -3.52. The van der Waals surface area contributed by atoms with E-state index >= 15 is 0 Å². The molecular formula is C20H18N6O2. The number of benzene rings is 1. The van der Waals surface area contributed by atoms with Gasteiger partial charge in [-0.05, 0) is 12.1 Å². The van der Waals surface area contributed by atoms with Crippen molar-refractivity contribution >= 4 is 16.9 Å². The molecule has 5 rings (SSSR count). The highest BCUT2D eigenvalue weighted by molar-refractivity contribution is 5.86. The van der Waals surface area contributed by atoms with Gasteiger partial charge in [0.1, 0.15) is 5.52 Å². The van der Waals surface area contributed by atoms with Crippen molar-refractivity contribution in [2.45, 2.75) is 0 Å². The fourth-order valence-corrected chi connectivity index (χ4v) is 3.30. The first-order chi connectivity index (χ1) is 13.8. The van der Waals surface area contributed by atoms with Gasteiger partial charge in [0.15, 0.2) is 5.82 Å². The molecule has 3 aromatic heterocycles. The van der Waals surface area contributed by atoms with E-state index in [0.29, 0.717) is 30.4 Å². The van der Waals surface area contributed by atoms with Crippen LogP contribution in [0.2, 0.25) is 0 Å². The van der Waals surface area contributed by atoms with E-state index in [1.54, 1.807) is 12.3 Å². The molecule has 140 valence electrons. The second-order valence-corrected chi connectivity index (χ2v) is 6.48. The zero-order chi connectivity index (χ0) is 18.9. The largest absolute Gasteiger partial charge is 0.493 e. The molecule has 1 aliphatic heterocycles.